The van der Waals surface area contributed by atoms with Crippen molar-refractivity contribution in [3.05, 3.63) is 59.3 Å². The minimum atomic E-state index is 0.187. The van der Waals surface area contributed by atoms with E-state index in [9.17, 15) is 5.11 Å². The van der Waals surface area contributed by atoms with Gasteiger partial charge in [-0.05, 0) is 36.4 Å². The number of ether oxygens (including phenoxy) is 1. The van der Waals surface area contributed by atoms with Gasteiger partial charge in [0, 0.05) is 22.0 Å². The van der Waals surface area contributed by atoms with E-state index in [-0.39, 0.29) is 5.75 Å². The van der Waals surface area contributed by atoms with Gasteiger partial charge in [-0.2, -0.15) is 0 Å². The lowest BCUT2D eigenvalue weighted by Crippen LogP contribution is -1.93. The van der Waals surface area contributed by atoms with E-state index in [4.69, 9.17) is 20.8 Å². The first kappa shape index (κ1) is 11.9. The molecule has 1 aromatic heterocycles. The molecule has 4 heteroatoms. The van der Waals surface area contributed by atoms with Gasteiger partial charge in [-0.15, -0.1) is 0 Å². The van der Waals surface area contributed by atoms with Crippen LogP contribution in [-0.2, 0) is 6.61 Å². The summed E-state index contributed by atoms with van der Waals surface area (Å²) in [5, 5.41) is 11.0. The fourth-order valence-electron chi connectivity index (χ4n) is 1.88. The molecule has 0 atom stereocenters. The molecule has 1 heterocycles. The SMILES string of the molecule is Oc1ccc2c(COc3ccc(Cl)cc3)coc2c1. The number of phenolic OH excluding ortho intramolecular Hbond substituents is 1. The fourth-order valence-corrected chi connectivity index (χ4v) is 2.00. The average Bonchev–Trinajstić information content (AvgIpc) is 2.80. The van der Waals surface area contributed by atoms with Crippen LogP contribution in [0.25, 0.3) is 11.0 Å². The zero-order chi connectivity index (χ0) is 13.2. The van der Waals surface area contributed by atoms with Crippen LogP contribution in [0.15, 0.2) is 53.1 Å². The van der Waals surface area contributed by atoms with E-state index < -0.39 is 0 Å². The molecule has 0 amide bonds. The summed E-state index contributed by atoms with van der Waals surface area (Å²) >= 11 is 5.81. The number of halogens is 1. The predicted octanol–water partition coefficient (Wildman–Crippen LogP) is 4.37. The summed E-state index contributed by atoms with van der Waals surface area (Å²) in [6.45, 7) is 0.402. The molecule has 0 fully saturated rings. The molecule has 0 aliphatic heterocycles. The highest BCUT2D eigenvalue weighted by Crippen LogP contribution is 2.26. The molecule has 96 valence electrons. The summed E-state index contributed by atoms with van der Waals surface area (Å²) in [4.78, 5) is 0. The fraction of sp³-hybridized carbons (Fsp3) is 0.0667. The number of fused-ring (bicyclic) bond motifs is 1. The van der Waals surface area contributed by atoms with Crippen molar-refractivity contribution in [2.75, 3.05) is 0 Å². The third kappa shape index (κ3) is 2.51. The quantitative estimate of drug-likeness (QED) is 0.771. The second-order valence-corrected chi connectivity index (χ2v) is 4.62. The molecule has 0 aliphatic carbocycles. The Bertz CT molecular complexity index is 701. The zero-order valence-corrected chi connectivity index (χ0v) is 10.7. The Morgan fingerprint density at radius 2 is 1.89 bits per heavy atom. The van der Waals surface area contributed by atoms with Crippen LogP contribution in [0.4, 0.5) is 0 Å². The van der Waals surface area contributed by atoms with E-state index >= 15 is 0 Å². The molecule has 0 radical (unpaired) electrons. The maximum atomic E-state index is 9.37. The van der Waals surface area contributed by atoms with E-state index in [0.29, 0.717) is 17.2 Å². The van der Waals surface area contributed by atoms with Gasteiger partial charge in [0.15, 0.2) is 0 Å². The monoisotopic (exact) mass is 274 g/mol. The molecule has 3 nitrogen and oxygen atoms in total. The molecule has 0 saturated heterocycles. The largest absolute Gasteiger partial charge is 0.508 e. The first-order chi connectivity index (χ1) is 9.22. The van der Waals surface area contributed by atoms with Crippen LogP contribution < -0.4 is 4.74 Å². The van der Waals surface area contributed by atoms with Crippen LogP contribution >= 0.6 is 11.6 Å². The Morgan fingerprint density at radius 1 is 1.11 bits per heavy atom. The smallest absolute Gasteiger partial charge is 0.137 e. The Morgan fingerprint density at radius 3 is 2.68 bits per heavy atom. The molecule has 1 N–H and O–H groups in total. The van der Waals surface area contributed by atoms with Crippen molar-refractivity contribution in [2.24, 2.45) is 0 Å². The highest BCUT2D eigenvalue weighted by molar-refractivity contribution is 6.30. The lowest BCUT2D eigenvalue weighted by Gasteiger charge is -2.04. The molecule has 2 aromatic carbocycles. The Hall–Kier alpha value is -2.13. The Labute approximate surface area is 115 Å². The summed E-state index contributed by atoms with van der Waals surface area (Å²) in [6.07, 6.45) is 1.64. The van der Waals surface area contributed by atoms with E-state index in [2.05, 4.69) is 0 Å². The van der Waals surface area contributed by atoms with Gasteiger partial charge in [0.1, 0.15) is 23.7 Å². The highest BCUT2D eigenvalue weighted by Gasteiger charge is 2.07. The van der Waals surface area contributed by atoms with Gasteiger partial charge in [-0.3, -0.25) is 0 Å². The molecule has 0 aliphatic rings. The lowest BCUT2D eigenvalue weighted by molar-refractivity contribution is 0.306. The second kappa shape index (κ2) is 4.86. The summed E-state index contributed by atoms with van der Waals surface area (Å²) in [5.41, 5.74) is 1.58. The average molecular weight is 275 g/mol. The number of aromatic hydroxyl groups is 1. The van der Waals surface area contributed by atoms with Crippen LogP contribution in [0.3, 0.4) is 0 Å². The number of benzene rings is 2. The topological polar surface area (TPSA) is 42.6 Å². The number of furan rings is 1. The van der Waals surface area contributed by atoms with Crippen LogP contribution in [0.1, 0.15) is 5.56 Å². The Balaban J connectivity index is 1.80. The van der Waals surface area contributed by atoms with Gasteiger partial charge in [-0.25, -0.2) is 0 Å². The number of hydrogen-bond donors (Lipinski definition) is 1. The van der Waals surface area contributed by atoms with Gasteiger partial charge in [0.25, 0.3) is 0 Å². The molecule has 0 spiro atoms. The van der Waals surface area contributed by atoms with Crippen molar-refractivity contribution in [3.63, 3.8) is 0 Å². The molecular weight excluding hydrogens is 264 g/mol. The number of rotatable bonds is 3. The van der Waals surface area contributed by atoms with Crippen molar-refractivity contribution in [2.45, 2.75) is 6.61 Å². The van der Waals surface area contributed by atoms with E-state index in [0.717, 1.165) is 16.7 Å². The minimum absolute atomic E-state index is 0.187. The normalized spacial score (nSPS) is 10.8. The third-order valence-electron chi connectivity index (χ3n) is 2.85. The van der Waals surface area contributed by atoms with Crippen LogP contribution in [-0.4, -0.2) is 5.11 Å². The standard InChI is InChI=1S/C15H11ClO3/c16-11-1-4-13(5-2-11)18-8-10-9-19-15-7-12(17)3-6-14(10)15/h1-7,9,17H,8H2. The molecule has 19 heavy (non-hydrogen) atoms. The van der Waals surface area contributed by atoms with Gasteiger partial charge in [0.2, 0.25) is 0 Å². The molecule has 0 unspecified atom stereocenters. The van der Waals surface area contributed by atoms with E-state index in [1.54, 1.807) is 30.5 Å². The summed E-state index contributed by atoms with van der Waals surface area (Å²) < 4.78 is 11.0. The highest BCUT2D eigenvalue weighted by atomic mass is 35.5. The predicted molar refractivity (Wildman–Crippen MR) is 73.7 cm³/mol. The summed E-state index contributed by atoms with van der Waals surface area (Å²) in [6, 6.07) is 12.2. The van der Waals surface area contributed by atoms with E-state index in [1.807, 2.05) is 18.2 Å². The van der Waals surface area contributed by atoms with Crippen LogP contribution in [0.5, 0.6) is 11.5 Å². The van der Waals surface area contributed by atoms with Gasteiger partial charge in [0.05, 0.1) is 6.26 Å². The van der Waals surface area contributed by atoms with Crippen LogP contribution in [0.2, 0.25) is 5.02 Å². The molecule has 0 saturated carbocycles. The molecular formula is C15H11ClO3. The second-order valence-electron chi connectivity index (χ2n) is 4.18. The maximum Gasteiger partial charge on any atom is 0.137 e. The summed E-state index contributed by atoms with van der Waals surface area (Å²) in [5.74, 6) is 0.935. The first-order valence-electron chi connectivity index (χ1n) is 5.80. The van der Waals surface area contributed by atoms with Gasteiger partial charge >= 0.3 is 0 Å². The van der Waals surface area contributed by atoms with Gasteiger partial charge in [-0.1, -0.05) is 11.6 Å². The lowest BCUT2D eigenvalue weighted by atomic mass is 10.2. The van der Waals surface area contributed by atoms with Crippen molar-refractivity contribution in [1.29, 1.82) is 0 Å². The minimum Gasteiger partial charge on any atom is -0.508 e. The molecule has 3 aromatic rings. The zero-order valence-electron chi connectivity index (χ0n) is 9.97. The third-order valence-corrected chi connectivity index (χ3v) is 3.10. The number of hydrogen-bond acceptors (Lipinski definition) is 3. The van der Waals surface area contributed by atoms with Crippen molar-refractivity contribution < 1.29 is 14.3 Å². The molecule has 0 bridgehead atoms. The molecule has 3 rings (SSSR count). The van der Waals surface area contributed by atoms with Crippen molar-refractivity contribution >= 4 is 22.6 Å². The Kier molecular flexibility index (Phi) is 3.05. The van der Waals surface area contributed by atoms with Gasteiger partial charge < -0.3 is 14.3 Å². The van der Waals surface area contributed by atoms with Crippen LogP contribution in [0, 0.1) is 0 Å². The summed E-state index contributed by atoms with van der Waals surface area (Å²) in [7, 11) is 0. The number of phenols is 1. The van der Waals surface area contributed by atoms with Crippen molar-refractivity contribution in [1.82, 2.24) is 0 Å². The first-order valence-corrected chi connectivity index (χ1v) is 6.17. The van der Waals surface area contributed by atoms with E-state index in [1.165, 1.54) is 0 Å². The maximum absolute atomic E-state index is 9.37. The van der Waals surface area contributed by atoms with Crippen molar-refractivity contribution in [3.8, 4) is 11.5 Å².